The first-order chi connectivity index (χ1) is 10.4. The van der Waals surface area contributed by atoms with Crippen LogP contribution in [0.4, 0.5) is 5.69 Å². The molecule has 0 aliphatic carbocycles. The molecule has 0 spiro atoms. The summed E-state index contributed by atoms with van der Waals surface area (Å²) in [6, 6.07) is 7.36. The molecule has 0 atom stereocenters. The lowest BCUT2D eigenvalue weighted by atomic mass is 10.1. The second kappa shape index (κ2) is 7.13. The molecule has 22 heavy (non-hydrogen) atoms. The number of hydrogen-bond donors (Lipinski definition) is 0. The number of piperidine rings is 1. The Balaban J connectivity index is 2.25. The Morgan fingerprint density at radius 1 is 1.18 bits per heavy atom. The smallest absolute Gasteiger partial charge is 0.243 e. The van der Waals surface area contributed by atoms with Crippen LogP contribution in [0.1, 0.15) is 31.7 Å². The summed E-state index contributed by atoms with van der Waals surface area (Å²) in [6.45, 7) is 3.32. The summed E-state index contributed by atoms with van der Waals surface area (Å²) in [6.07, 6.45) is 5.01. The molecule has 0 aromatic heterocycles. The molecule has 1 aromatic rings. The van der Waals surface area contributed by atoms with Crippen molar-refractivity contribution >= 4 is 21.6 Å². The van der Waals surface area contributed by atoms with Crippen molar-refractivity contribution in [3.63, 3.8) is 0 Å². The van der Waals surface area contributed by atoms with Crippen molar-refractivity contribution in [3.05, 3.63) is 29.8 Å². The molecular formula is C16H24N2O3S. The van der Waals surface area contributed by atoms with Crippen LogP contribution in [-0.4, -0.2) is 45.1 Å². The monoisotopic (exact) mass is 324 g/mol. The summed E-state index contributed by atoms with van der Waals surface area (Å²) in [5, 5.41) is 0. The zero-order valence-electron chi connectivity index (χ0n) is 13.3. The Kier molecular flexibility index (Phi) is 5.45. The molecule has 0 saturated carbocycles. The van der Waals surface area contributed by atoms with Gasteiger partial charge in [-0.25, -0.2) is 8.42 Å². The maximum Gasteiger partial charge on any atom is 0.243 e. The van der Waals surface area contributed by atoms with Gasteiger partial charge in [0.1, 0.15) is 6.54 Å². The summed E-state index contributed by atoms with van der Waals surface area (Å²) >= 11 is 0. The maximum atomic E-state index is 12.4. The van der Waals surface area contributed by atoms with Crippen molar-refractivity contribution in [2.24, 2.45) is 0 Å². The number of rotatable bonds is 5. The van der Waals surface area contributed by atoms with Crippen molar-refractivity contribution in [2.45, 2.75) is 32.6 Å². The van der Waals surface area contributed by atoms with Gasteiger partial charge in [0.2, 0.25) is 15.9 Å². The van der Waals surface area contributed by atoms with E-state index in [0.717, 1.165) is 50.6 Å². The van der Waals surface area contributed by atoms with E-state index in [1.165, 1.54) is 4.31 Å². The number of hydrogen-bond acceptors (Lipinski definition) is 3. The number of aryl methyl sites for hydroxylation is 1. The third-order valence-corrected chi connectivity index (χ3v) is 5.16. The number of anilines is 1. The zero-order valence-corrected chi connectivity index (χ0v) is 14.1. The molecule has 6 heteroatoms. The quantitative estimate of drug-likeness (QED) is 0.833. The van der Waals surface area contributed by atoms with E-state index >= 15 is 0 Å². The third kappa shape index (κ3) is 4.00. The predicted molar refractivity (Wildman–Crippen MR) is 88.4 cm³/mol. The maximum absolute atomic E-state index is 12.4. The molecule has 0 radical (unpaired) electrons. The van der Waals surface area contributed by atoms with E-state index in [-0.39, 0.29) is 12.5 Å². The Bertz CT molecular complexity index is 622. The number of nitrogens with zero attached hydrogens (tertiary/aromatic N) is 2. The van der Waals surface area contributed by atoms with Gasteiger partial charge in [-0.3, -0.25) is 9.10 Å². The van der Waals surface area contributed by atoms with Crippen molar-refractivity contribution in [1.82, 2.24) is 4.90 Å². The fourth-order valence-corrected chi connectivity index (χ4v) is 3.68. The molecule has 1 aliphatic rings. The van der Waals surface area contributed by atoms with Gasteiger partial charge in [-0.05, 0) is 37.3 Å². The van der Waals surface area contributed by atoms with Crippen molar-refractivity contribution in [3.8, 4) is 0 Å². The molecule has 0 unspecified atom stereocenters. The van der Waals surface area contributed by atoms with E-state index in [1.54, 1.807) is 17.0 Å². The summed E-state index contributed by atoms with van der Waals surface area (Å²) in [5.74, 6) is -0.115. The van der Waals surface area contributed by atoms with Gasteiger partial charge in [0, 0.05) is 13.1 Å². The van der Waals surface area contributed by atoms with E-state index in [9.17, 15) is 13.2 Å². The van der Waals surface area contributed by atoms with Crippen molar-refractivity contribution in [2.75, 3.05) is 30.2 Å². The summed E-state index contributed by atoms with van der Waals surface area (Å²) in [7, 11) is -3.50. The summed E-state index contributed by atoms with van der Waals surface area (Å²) in [4.78, 5) is 14.2. The van der Waals surface area contributed by atoms with Crippen LogP contribution in [0.5, 0.6) is 0 Å². The molecule has 1 aliphatic heterocycles. The minimum absolute atomic E-state index is 0.115. The third-order valence-electron chi connectivity index (χ3n) is 4.03. The zero-order chi connectivity index (χ0) is 16.2. The first kappa shape index (κ1) is 16.8. The summed E-state index contributed by atoms with van der Waals surface area (Å²) < 4.78 is 25.6. The highest BCUT2D eigenvalue weighted by atomic mass is 32.2. The van der Waals surface area contributed by atoms with E-state index in [1.807, 2.05) is 19.1 Å². The number of carbonyl (C=O) groups is 1. The average molecular weight is 324 g/mol. The Morgan fingerprint density at radius 2 is 1.82 bits per heavy atom. The van der Waals surface area contributed by atoms with Gasteiger partial charge < -0.3 is 4.90 Å². The highest BCUT2D eigenvalue weighted by Crippen LogP contribution is 2.23. The fourth-order valence-electron chi connectivity index (χ4n) is 2.80. The predicted octanol–water partition coefficient (Wildman–Crippen LogP) is 2.03. The van der Waals surface area contributed by atoms with Gasteiger partial charge in [-0.2, -0.15) is 0 Å². The van der Waals surface area contributed by atoms with E-state index in [4.69, 9.17) is 0 Å². The Labute approximate surface area is 133 Å². The molecule has 1 aromatic carbocycles. The average Bonchev–Trinajstić information content (AvgIpc) is 2.52. The first-order valence-electron chi connectivity index (χ1n) is 7.77. The Morgan fingerprint density at radius 3 is 2.41 bits per heavy atom. The first-order valence-corrected chi connectivity index (χ1v) is 9.61. The fraction of sp³-hybridized carbons (Fsp3) is 0.562. The summed E-state index contributed by atoms with van der Waals surface area (Å²) in [5.41, 5.74) is 1.54. The molecule has 1 fully saturated rings. The van der Waals surface area contributed by atoms with E-state index in [2.05, 4.69) is 0 Å². The number of likely N-dealkylation sites (tertiary alicyclic amines) is 1. The standard InChI is InChI=1S/C16H24N2O3S/c1-3-14-9-5-6-10-15(14)18(22(2,20)21)13-16(19)17-11-7-4-8-12-17/h5-6,9-10H,3-4,7-8,11-13H2,1-2H3. The van der Waals surface area contributed by atoms with Crippen molar-refractivity contribution in [1.29, 1.82) is 0 Å². The second-order valence-electron chi connectivity index (χ2n) is 5.69. The number of carbonyl (C=O) groups excluding carboxylic acids is 1. The Hall–Kier alpha value is -1.56. The van der Waals surface area contributed by atoms with E-state index in [0.29, 0.717) is 5.69 Å². The molecule has 0 bridgehead atoms. The van der Waals surface area contributed by atoms with Gasteiger partial charge >= 0.3 is 0 Å². The molecule has 1 amide bonds. The van der Waals surface area contributed by atoms with Crippen LogP contribution in [0.2, 0.25) is 0 Å². The lowest BCUT2D eigenvalue weighted by molar-refractivity contribution is -0.130. The van der Waals surface area contributed by atoms with Gasteiger partial charge in [0.25, 0.3) is 0 Å². The van der Waals surface area contributed by atoms with Gasteiger partial charge in [-0.15, -0.1) is 0 Å². The molecule has 122 valence electrons. The lowest BCUT2D eigenvalue weighted by Gasteiger charge is -2.30. The van der Waals surface area contributed by atoms with E-state index < -0.39 is 10.0 Å². The largest absolute Gasteiger partial charge is 0.341 e. The SMILES string of the molecule is CCc1ccccc1N(CC(=O)N1CCCCC1)S(C)(=O)=O. The van der Waals surface area contributed by atoms with Crippen LogP contribution < -0.4 is 4.31 Å². The number of benzene rings is 1. The minimum Gasteiger partial charge on any atom is -0.341 e. The molecule has 1 heterocycles. The van der Waals surface area contributed by atoms with Crippen LogP contribution in [0.15, 0.2) is 24.3 Å². The molecular weight excluding hydrogens is 300 g/mol. The number of amides is 1. The van der Waals surface area contributed by atoms with Crippen LogP contribution in [0.3, 0.4) is 0 Å². The molecule has 1 saturated heterocycles. The molecule has 2 rings (SSSR count). The second-order valence-corrected chi connectivity index (χ2v) is 7.60. The normalized spacial score (nSPS) is 15.6. The number of para-hydroxylation sites is 1. The topological polar surface area (TPSA) is 57.7 Å². The number of sulfonamides is 1. The van der Waals surface area contributed by atoms with Gasteiger partial charge in [-0.1, -0.05) is 25.1 Å². The van der Waals surface area contributed by atoms with Gasteiger partial charge in [0.15, 0.2) is 0 Å². The highest BCUT2D eigenvalue weighted by Gasteiger charge is 2.26. The molecule has 5 nitrogen and oxygen atoms in total. The highest BCUT2D eigenvalue weighted by molar-refractivity contribution is 7.92. The van der Waals surface area contributed by atoms with Crippen molar-refractivity contribution < 1.29 is 13.2 Å². The van der Waals surface area contributed by atoms with Crippen LogP contribution >= 0.6 is 0 Å². The van der Waals surface area contributed by atoms with Gasteiger partial charge in [0.05, 0.1) is 11.9 Å². The van der Waals surface area contributed by atoms with Crippen LogP contribution in [-0.2, 0) is 21.2 Å². The van der Waals surface area contributed by atoms with Crippen LogP contribution in [0.25, 0.3) is 0 Å². The van der Waals surface area contributed by atoms with Crippen LogP contribution in [0, 0.1) is 0 Å². The lowest BCUT2D eigenvalue weighted by Crippen LogP contribution is -2.44. The molecule has 0 N–H and O–H groups in total. The minimum atomic E-state index is -3.50.